The number of para-hydroxylation sites is 1. The predicted octanol–water partition coefficient (Wildman–Crippen LogP) is 5.81. The van der Waals surface area contributed by atoms with Crippen LogP contribution >= 0.6 is 0 Å². The second-order valence-corrected chi connectivity index (χ2v) is 12.9. The molecule has 0 radical (unpaired) electrons. The molecule has 1 aliphatic carbocycles. The Hall–Kier alpha value is -3.85. The molecule has 1 unspecified atom stereocenters. The molecule has 4 rings (SSSR count). The fourth-order valence-electron chi connectivity index (χ4n) is 5.39. The average Bonchev–Trinajstić information content (AvgIpc) is 2.97. The number of hydrogen-bond acceptors (Lipinski definition) is 5. The summed E-state index contributed by atoms with van der Waals surface area (Å²) < 4.78 is 32.8. The molecular weight excluding hydrogens is 550 g/mol. The number of amides is 2. The Morgan fingerprint density at radius 3 is 2.21 bits per heavy atom. The summed E-state index contributed by atoms with van der Waals surface area (Å²) in [5.74, 6) is 0.552. The van der Waals surface area contributed by atoms with Crippen molar-refractivity contribution in [3.63, 3.8) is 0 Å². The number of sulfonamides is 1. The zero-order valence-electron chi connectivity index (χ0n) is 24.7. The van der Waals surface area contributed by atoms with Crippen LogP contribution in [0.3, 0.4) is 0 Å². The third-order valence-corrected chi connectivity index (χ3v) is 8.70. The molecule has 2 amide bonds. The number of aryl methyl sites for hydroxylation is 1. The van der Waals surface area contributed by atoms with Crippen LogP contribution < -0.4 is 14.4 Å². The van der Waals surface area contributed by atoms with Gasteiger partial charge in [-0.1, -0.05) is 74.2 Å². The highest BCUT2D eigenvalue weighted by atomic mass is 32.2. The minimum Gasteiger partial charge on any atom is -0.457 e. The summed E-state index contributed by atoms with van der Waals surface area (Å²) >= 11 is 0. The molecule has 0 heterocycles. The maximum atomic E-state index is 14.0. The Bertz CT molecular complexity index is 1440. The van der Waals surface area contributed by atoms with Crippen LogP contribution in [-0.4, -0.2) is 50.0 Å². The number of carbonyl (C=O) groups is 2. The zero-order valence-corrected chi connectivity index (χ0v) is 25.5. The highest BCUT2D eigenvalue weighted by Crippen LogP contribution is 2.26. The highest BCUT2D eigenvalue weighted by Gasteiger charge is 2.32. The van der Waals surface area contributed by atoms with Crippen LogP contribution in [0.1, 0.15) is 56.6 Å². The van der Waals surface area contributed by atoms with E-state index in [0.29, 0.717) is 23.6 Å². The molecule has 1 saturated carbocycles. The number of nitrogens with one attached hydrogen (secondary N) is 1. The van der Waals surface area contributed by atoms with E-state index in [2.05, 4.69) is 5.32 Å². The third-order valence-electron chi connectivity index (χ3n) is 7.56. The Morgan fingerprint density at radius 2 is 1.60 bits per heavy atom. The minimum absolute atomic E-state index is 0.0976. The predicted molar refractivity (Wildman–Crippen MR) is 166 cm³/mol. The van der Waals surface area contributed by atoms with Crippen LogP contribution in [0, 0.1) is 6.92 Å². The van der Waals surface area contributed by atoms with E-state index in [1.165, 1.54) is 11.3 Å². The summed E-state index contributed by atoms with van der Waals surface area (Å²) in [5.41, 5.74) is 2.25. The third kappa shape index (κ3) is 8.58. The van der Waals surface area contributed by atoms with E-state index >= 15 is 0 Å². The van der Waals surface area contributed by atoms with Gasteiger partial charge in [-0.15, -0.1) is 0 Å². The number of benzene rings is 3. The van der Waals surface area contributed by atoms with Gasteiger partial charge in [0.15, 0.2) is 0 Å². The monoisotopic (exact) mass is 591 g/mol. The van der Waals surface area contributed by atoms with E-state index in [1.54, 1.807) is 24.3 Å². The van der Waals surface area contributed by atoms with Crippen LogP contribution in [0.5, 0.6) is 11.5 Å². The van der Waals surface area contributed by atoms with Crippen LogP contribution in [0.15, 0.2) is 78.9 Å². The van der Waals surface area contributed by atoms with Gasteiger partial charge in [0.1, 0.15) is 24.1 Å². The van der Waals surface area contributed by atoms with E-state index in [0.717, 1.165) is 47.4 Å². The molecular formula is C33H41N3O5S. The molecule has 1 aliphatic rings. The fourth-order valence-corrected chi connectivity index (χ4v) is 6.24. The van der Waals surface area contributed by atoms with Gasteiger partial charge in [0.25, 0.3) is 0 Å². The molecule has 3 aromatic carbocycles. The van der Waals surface area contributed by atoms with Crippen molar-refractivity contribution in [1.82, 2.24) is 10.2 Å². The molecule has 224 valence electrons. The summed E-state index contributed by atoms with van der Waals surface area (Å²) in [6.07, 6.45) is 6.66. The molecule has 1 fully saturated rings. The van der Waals surface area contributed by atoms with Gasteiger partial charge in [-0.3, -0.25) is 13.9 Å². The molecule has 0 spiro atoms. The van der Waals surface area contributed by atoms with Gasteiger partial charge < -0.3 is 15.0 Å². The SMILES string of the molecule is CCC(C(=O)NC1CCCCC1)N(Cc1cccc(C)c1)C(=O)CN(c1ccc(Oc2ccccc2)cc1)S(C)(=O)=O. The highest BCUT2D eigenvalue weighted by molar-refractivity contribution is 7.92. The van der Waals surface area contributed by atoms with Crippen molar-refractivity contribution in [1.29, 1.82) is 0 Å². The van der Waals surface area contributed by atoms with Crippen molar-refractivity contribution in [3.05, 3.63) is 90.0 Å². The smallest absolute Gasteiger partial charge is 0.244 e. The molecule has 0 bridgehead atoms. The fraction of sp³-hybridized carbons (Fsp3) is 0.394. The van der Waals surface area contributed by atoms with Crippen molar-refractivity contribution in [2.45, 2.75) is 71.0 Å². The Balaban J connectivity index is 1.58. The lowest BCUT2D eigenvalue weighted by Gasteiger charge is -2.34. The molecule has 42 heavy (non-hydrogen) atoms. The van der Waals surface area contributed by atoms with Crippen LogP contribution in [-0.2, 0) is 26.2 Å². The van der Waals surface area contributed by atoms with Crippen molar-refractivity contribution in [2.75, 3.05) is 17.1 Å². The lowest BCUT2D eigenvalue weighted by Crippen LogP contribution is -2.53. The first kappa shape index (κ1) is 31.1. The Morgan fingerprint density at radius 1 is 0.929 bits per heavy atom. The van der Waals surface area contributed by atoms with Crippen LogP contribution in [0.4, 0.5) is 5.69 Å². The lowest BCUT2D eigenvalue weighted by atomic mass is 9.95. The number of ether oxygens (including phenoxy) is 1. The van der Waals surface area contributed by atoms with Crippen molar-refractivity contribution >= 4 is 27.5 Å². The normalized spacial score (nSPS) is 14.5. The molecule has 9 heteroatoms. The molecule has 1 N–H and O–H groups in total. The molecule has 1 atom stereocenters. The number of anilines is 1. The van der Waals surface area contributed by atoms with E-state index < -0.39 is 28.5 Å². The quantitative estimate of drug-likeness (QED) is 0.287. The number of hydrogen-bond donors (Lipinski definition) is 1. The standard InChI is InChI=1S/C33H41N3O5S/c1-4-31(33(38)34-27-14-7-5-8-15-27)35(23-26-13-11-12-25(2)22-26)32(37)24-36(42(3,39)40)28-18-20-30(21-19-28)41-29-16-9-6-10-17-29/h6,9-13,16-22,27,31H,4-5,7-8,14-15,23-24H2,1-3H3,(H,34,38). The Labute approximate surface area is 249 Å². The van der Waals surface area contributed by atoms with Gasteiger partial charge in [-0.2, -0.15) is 0 Å². The van der Waals surface area contributed by atoms with Gasteiger partial charge in [0, 0.05) is 12.6 Å². The van der Waals surface area contributed by atoms with Crippen LogP contribution in [0.25, 0.3) is 0 Å². The van der Waals surface area contributed by atoms with Gasteiger partial charge in [-0.05, 0) is 68.1 Å². The first-order chi connectivity index (χ1) is 20.1. The second-order valence-electron chi connectivity index (χ2n) is 11.0. The van der Waals surface area contributed by atoms with E-state index in [4.69, 9.17) is 4.74 Å². The number of carbonyl (C=O) groups excluding carboxylic acids is 2. The van der Waals surface area contributed by atoms with Crippen LogP contribution in [0.2, 0.25) is 0 Å². The van der Waals surface area contributed by atoms with Gasteiger partial charge in [0.05, 0.1) is 11.9 Å². The molecule has 0 aromatic heterocycles. The summed E-state index contributed by atoms with van der Waals surface area (Å²) in [5, 5.41) is 3.17. The second kappa shape index (κ2) is 14.4. The topological polar surface area (TPSA) is 96.0 Å². The minimum atomic E-state index is -3.83. The largest absolute Gasteiger partial charge is 0.457 e. The lowest BCUT2D eigenvalue weighted by molar-refractivity contribution is -0.140. The first-order valence-electron chi connectivity index (χ1n) is 14.6. The molecule has 0 saturated heterocycles. The maximum absolute atomic E-state index is 14.0. The number of nitrogens with zero attached hydrogens (tertiary/aromatic N) is 2. The summed E-state index contributed by atoms with van der Waals surface area (Å²) in [4.78, 5) is 29.0. The van der Waals surface area contributed by atoms with Gasteiger partial charge in [0.2, 0.25) is 21.8 Å². The van der Waals surface area contributed by atoms with Crippen molar-refractivity contribution in [2.24, 2.45) is 0 Å². The van der Waals surface area contributed by atoms with Crippen molar-refractivity contribution < 1.29 is 22.7 Å². The molecule has 0 aliphatic heterocycles. The van der Waals surface area contributed by atoms with E-state index in [-0.39, 0.29) is 18.5 Å². The Kier molecular flexibility index (Phi) is 10.6. The number of rotatable bonds is 12. The zero-order chi connectivity index (χ0) is 30.1. The van der Waals surface area contributed by atoms with Gasteiger partial charge >= 0.3 is 0 Å². The first-order valence-corrected chi connectivity index (χ1v) is 16.4. The van der Waals surface area contributed by atoms with E-state index in [1.807, 2.05) is 68.4 Å². The molecule has 8 nitrogen and oxygen atoms in total. The summed E-state index contributed by atoms with van der Waals surface area (Å²) in [6, 6.07) is 23.0. The molecule has 3 aromatic rings. The van der Waals surface area contributed by atoms with Gasteiger partial charge in [-0.25, -0.2) is 8.42 Å². The average molecular weight is 592 g/mol. The van der Waals surface area contributed by atoms with E-state index in [9.17, 15) is 18.0 Å². The summed E-state index contributed by atoms with van der Waals surface area (Å²) in [7, 11) is -3.83. The maximum Gasteiger partial charge on any atom is 0.244 e. The van der Waals surface area contributed by atoms with Crippen molar-refractivity contribution in [3.8, 4) is 11.5 Å². The summed E-state index contributed by atoms with van der Waals surface area (Å²) in [6.45, 7) is 3.61.